The number of imidazole rings is 1. The molecule has 17 heteroatoms. The van der Waals surface area contributed by atoms with Crippen molar-refractivity contribution in [3.05, 3.63) is 53.1 Å². The van der Waals surface area contributed by atoms with E-state index in [1.54, 1.807) is 9.80 Å². The number of nitrogen functional groups attached to an aromatic ring is 1. The number of carbonyl (C=O) groups is 1. The highest BCUT2D eigenvalue weighted by molar-refractivity contribution is 7.23. The second kappa shape index (κ2) is 12.1. The number of nitriles is 1. The summed E-state index contributed by atoms with van der Waals surface area (Å²) in [5, 5.41) is 21.2. The van der Waals surface area contributed by atoms with Crippen molar-refractivity contribution in [3.8, 4) is 29.0 Å². The molecule has 0 spiro atoms. The number of aliphatic hydroxyl groups excluding tert-OH is 1. The molecule has 1 unspecified atom stereocenters. The molecule has 0 radical (unpaired) electrons. The Labute approximate surface area is 304 Å². The van der Waals surface area contributed by atoms with E-state index in [0.717, 1.165) is 49.8 Å². The Balaban J connectivity index is 1.25. The van der Waals surface area contributed by atoms with E-state index < -0.39 is 24.0 Å². The number of nitrogens with zero attached hydrogens (tertiary/aromatic N) is 8. The summed E-state index contributed by atoms with van der Waals surface area (Å²) in [6.45, 7) is 4.68. The van der Waals surface area contributed by atoms with Gasteiger partial charge in [0.25, 0.3) is 0 Å². The standard InChI is InChI=1S/C35H32ClF2N9O4S/c1-17-10-35(5-2-7-46(35)12-17)14-50-33-42-28-25-29(26(36)24(27(28)38)19-3-4-21(37)30-23(19)20(11-39)31(40)52-30)51-22(48)9-18-13-45(16-47(18)32(25)43-33)34(49)44-8-6-41-15-44/h3-4,6,8,15,17-18,22,48H,2,5,7,9-10,12-14,16,40H2,1H3/t17-,18+,22?,35+/m1/s1. The largest absolute Gasteiger partial charge is 0.463 e. The number of amides is 1. The number of benzene rings is 2. The van der Waals surface area contributed by atoms with Gasteiger partial charge in [-0.3, -0.25) is 9.47 Å². The number of ether oxygens (including phenoxy) is 2. The normalized spacial score (nSPS) is 24.1. The lowest BCUT2D eigenvalue weighted by Gasteiger charge is -2.33. The molecular formula is C35H32ClF2N9O4S. The Morgan fingerprint density at radius 1 is 1.29 bits per heavy atom. The first-order valence-electron chi connectivity index (χ1n) is 17.0. The van der Waals surface area contributed by atoms with Crippen LogP contribution in [0.2, 0.25) is 5.02 Å². The summed E-state index contributed by atoms with van der Waals surface area (Å²) in [5.41, 5.74) is 5.57. The fourth-order valence-electron chi connectivity index (χ4n) is 8.63. The van der Waals surface area contributed by atoms with Crippen LogP contribution in [0.1, 0.15) is 38.2 Å². The van der Waals surface area contributed by atoms with Crippen molar-refractivity contribution in [2.24, 2.45) is 5.92 Å². The Bertz CT molecular complexity index is 2340. The van der Waals surface area contributed by atoms with E-state index in [1.165, 1.54) is 29.4 Å². The van der Waals surface area contributed by atoms with Crippen LogP contribution in [-0.2, 0) is 0 Å². The maximum absolute atomic E-state index is 17.4. The van der Waals surface area contributed by atoms with Crippen molar-refractivity contribution >= 4 is 60.8 Å². The molecule has 5 aromatic rings. The lowest BCUT2D eigenvalue weighted by Crippen LogP contribution is -2.43. The molecule has 4 aliphatic heterocycles. The number of thiophene rings is 1. The monoisotopic (exact) mass is 747 g/mol. The van der Waals surface area contributed by atoms with Crippen molar-refractivity contribution in [3.63, 3.8) is 0 Å². The van der Waals surface area contributed by atoms with Crippen LogP contribution in [0, 0.1) is 28.9 Å². The van der Waals surface area contributed by atoms with Gasteiger partial charge in [-0.1, -0.05) is 24.6 Å². The van der Waals surface area contributed by atoms with Crippen molar-refractivity contribution in [1.82, 2.24) is 29.3 Å². The number of rotatable bonds is 4. The molecular weight excluding hydrogens is 716 g/mol. The molecule has 13 nitrogen and oxygen atoms in total. The minimum Gasteiger partial charge on any atom is -0.463 e. The first-order valence-corrected chi connectivity index (χ1v) is 18.2. The minimum atomic E-state index is -1.43. The van der Waals surface area contributed by atoms with Crippen LogP contribution >= 0.6 is 22.9 Å². The van der Waals surface area contributed by atoms with Crippen molar-refractivity contribution in [2.45, 2.75) is 50.5 Å². The Morgan fingerprint density at radius 2 is 2.13 bits per heavy atom. The van der Waals surface area contributed by atoms with Gasteiger partial charge in [-0.2, -0.15) is 15.2 Å². The van der Waals surface area contributed by atoms with Crippen LogP contribution in [0.4, 0.5) is 24.4 Å². The average Bonchev–Trinajstić information content (AvgIpc) is 3.95. The highest BCUT2D eigenvalue weighted by Crippen LogP contribution is 2.52. The molecule has 0 bridgehead atoms. The topological polar surface area (TPSA) is 159 Å². The Morgan fingerprint density at radius 3 is 2.92 bits per heavy atom. The van der Waals surface area contributed by atoms with E-state index >= 15 is 8.78 Å². The molecule has 4 aliphatic rings. The van der Waals surface area contributed by atoms with E-state index in [0.29, 0.717) is 12.5 Å². The number of aliphatic hydroxyl groups is 1. The lowest BCUT2D eigenvalue weighted by molar-refractivity contribution is -0.0265. The number of aromatic nitrogens is 4. The fraction of sp³-hybridized carbons (Fsp3) is 0.400. The predicted molar refractivity (Wildman–Crippen MR) is 189 cm³/mol. The summed E-state index contributed by atoms with van der Waals surface area (Å²) in [5.74, 6) is -0.932. The zero-order valence-corrected chi connectivity index (χ0v) is 29.4. The van der Waals surface area contributed by atoms with Gasteiger partial charge in [-0.15, -0.1) is 11.3 Å². The Kier molecular flexibility index (Phi) is 7.70. The van der Waals surface area contributed by atoms with Gasteiger partial charge in [0, 0.05) is 42.9 Å². The molecule has 7 heterocycles. The van der Waals surface area contributed by atoms with Crippen molar-refractivity contribution in [1.29, 1.82) is 5.26 Å². The lowest BCUT2D eigenvalue weighted by atomic mass is 9.92. The summed E-state index contributed by atoms with van der Waals surface area (Å²) >= 11 is 7.92. The van der Waals surface area contributed by atoms with Gasteiger partial charge in [0.15, 0.2) is 17.9 Å². The molecule has 3 fully saturated rings. The van der Waals surface area contributed by atoms with Crippen LogP contribution in [0.15, 0.2) is 30.9 Å². The second-order valence-corrected chi connectivity index (χ2v) is 15.5. The van der Waals surface area contributed by atoms with Crippen LogP contribution in [0.5, 0.6) is 11.8 Å². The molecule has 52 heavy (non-hydrogen) atoms. The van der Waals surface area contributed by atoms with Crippen LogP contribution in [-0.4, -0.2) is 91.2 Å². The van der Waals surface area contributed by atoms with Crippen LogP contribution in [0.3, 0.4) is 0 Å². The van der Waals surface area contributed by atoms with E-state index in [1.807, 2.05) is 6.07 Å². The van der Waals surface area contributed by atoms with E-state index in [4.69, 9.17) is 31.8 Å². The number of hydrogen-bond donors (Lipinski definition) is 2. The molecule has 3 N–H and O–H groups in total. The summed E-state index contributed by atoms with van der Waals surface area (Å²) < 4.78 is 46.4. The summed E-state index contributed by atoms with van der Waals surface area (Å²) in [4.78, 5) is 32.7. The van der Waals surface area contributed by atoms with Gasteiger partial charge in [0.2, 0.25) is 0 Å². The zero-order chi connectivity index (χ0) is 36.1. The summed E-state index contributed by atoms with van der Waals surface area (Å²) in [6.07, 6.45) is 5.98. The van der Waals surface area contributed by atoms with Gasteiger partial charge in [0.1, 0.15) is 41.2 Å². The van der Waals surface area contributed by atoms with Crippen molar-refractivity contribution < 1.29 is 28.2 Å². The molecule has 9 rings (SSSR count). The maximum atomic E-state index is 17.4. The van der Waals surface area contributed by atoms with Crippen molar-refractivity contribution in [2.75, 3.05) is 43.5 Å². The number of hydrogen-bond acceptors (Lipinski definition) is 12. The smallest absolute Gasteiger partial charge is 0.330 e. The molecule has 0 aliphatic carbocycles. The number of anilines is 2. The summed E-state index contributed by atoms with van der Waals surface area (Å²) in [6, 6.07) is 3.58. The Hall–Kier alpha value is -4.82. The zero-order valence-electron chi connectivity index (χ0n) is 27.9. The van der Waals surface area contributed by atoms with E-state index in [9.17, 15) is 15.2 Å². The molecule has 268 valence electrons. The van der Waals surface area contributed by atoms with Gasteiger partial charge in [0.05, 0.1) is 38.9 Å². The summed E-state index contributed by atoms with van der Waals surface area (Å²) in [7, 11) is 0. The molecule has 3 aromatic heterocycles. The number of nitrogens with two attached hydrogens (primary N) is 1. The van der Waals surface area contributed by atoms with Gasteiger partial charge >= 0.3 is 12.0 Å². The van der Waals surface area contributed by atoms with Gasteiger partial charge in [-0.25, -0.2) is 18.6 Å². The minimum absolute atomic E-state index is 0.0187. The molecule has 3 saturated heterocycles. The number of fused-ring (bicyclic) bond motifs is 4. The third kappa shape index (κ3) is 4.97. The van der Waals surface area contributed by atoms with Gasteiger partial charge < -0.3 is 30.1 Å². The first-order chi connectivity index (χ1) is 25.1. The third-order valence-electron chi connectivity index (χ3n) is 10.8. The van der Waals surface area contributed by atoms with Gasteiger partial charge in [-0.05, 0) is 43.4 Å². The molecule has 4 atom stereocenters. The first kappa shape index (κ1) is 33.0. The third-order valence-corrected chi connectivity index (χ3v) is 12.2. The quantitative estimate of drug-likeness (QED) is 0.237. The van der Waals surface area contributed by atoms with Crippen LogP contribution in [0.25, 0.3) is 32.1 Å². The number of carbonyl (C=O) groups excluding carboxylic acids is 1. The maximum Gasteiger partial charge on any atom is 0.330 e. The van der Waals surface area contributed by atoms with E-state index in [2.05, 4.69) is 21.8 Å². The average molecular weight is 748 g/mol. The van der Waals surface area contributed by atoms with Crippen LogP contribution < -0.4 is 20.1 Å². The SMILES string of the molecule is C[C@H]1CN2CCC[C@@]2(COc2nc3c4c(c(Cl)c(-c5ccc(F)c6sc(N)c(C#N)c56)c(F)c4n2)OC(O)C[C@H]2CN(C(=O)n4ccnc4)CN32)C1. The molecule has 1 amide bonds. The number of halogens is 3. The molecule has 2 aromatic carbocycles. The second-order valence-electron chi connectivity index (χ2n) is 14.1. The predicted octanol–water partition coefficient (Wildman–Crippen LogP) is 5.56. The fourth-order valence-corrected chi connectivity index (χ4v) is 9.90. The highest BCUT2D eigenvalue weighted by atomic mass is 35.5. The highest BCUT2D eigenvalue weighted by Gasteiger charge is 2.48. The van der Waals surface area contributed by atoms with E-state index in [-0.39, 0.29) is 96.5 Å². The molecule has 0 saturated carbocycles.